The van der Waals surface area contributed by atoms with Gasteiger partial charge < -0.3 is 4.90 Å². The van der Waals surface area contributed by atoms with Crippen molar-refractivity contribution in [1.82, 2.24) is 4.90 Å². The molecule has 1 heterocycles. The molecule has 1 amide bonds. The van der Waals surface area contributed by atoms with Crippen molar-refractivity contribution in [3.63, 3.8) is 0 Å². The summed E-state index contributed by atoms with van der Waals surface area (Å²) in [5.74, 6) is -0.343. The average Bonchev–Trinajstić information content (AvgIpc) is 2.68. The van der Waals surface area contributed by atoms with Crippen LogP contribution in [0.1, 0.15) is 31.2 Å². The van der Waals surface area contributed by atoms with Crippen LogP contribution in [0.2, 0.25) is 0 Å². The number of hydrogen-bond acceptors (Lipinski definition) is 1. The van der Waals surface area contributed by atoms with Gasteiger partial charge in [-0.05, 0) is 37.1 Å². The van der Waals surface area contributed by atoms with Gasteiger partial charge in [0.25, 0.3) is 0 Å². The quantitative estimate of drug-likeness (QED) is 0.752. The van der Waals surface area contributed by atoms with Crippen LogP contribution in [0.4, 0.5) is 4.39 Å². The highest BCUT2D eigenvalue weighted by Gasteiger charge is 2.12. The maximum Gasteiger partial charge on any atom is 0.246 e. The molecule has 1 aromatic rings. The van der Waals surface area contributed by atoms with E-state index in [2.05, 4.69) is 15.9 Å². The van der Waals surface area contributed by atoms with Gasteiger partial charge in [-0.15, -0.1) is 0 Å². The van der Waals surface area contributed by atoms with Gasteiger partial charge in [-0.2, -0.15) is 0 Å². The number of hydrogen-bond donors (Lipinski definition) is 0. The monoisotopic (exact) mass is 325 g/mol. The summed E-state index contributed by atoms with van der Waals surface area (Å²) in [6, 6.07) is 4.70. The van der Waals surface area contributed by atoms with E-state index < -0.39 is 0 Å². The minimum absolute atomic E-state index is 0.0266. The molecule has 0 atom stereocenters. The number of likely N-dealkylation sites (tertiary alicyclic amines) is 1. The summed E-state index contributed by atoms with van der Waals surface area (Å²) in [4.78, 5) is 13.9. The summed E-state index contributed by atoms with van der Waals surface area (Å²) in [5, 5.41) is 0. The highest BCUT2D eigenvalue weighted by molar-refractivity contribution is 9.10. The third-order valence-electron chi connectivity index (χ3n) is 3.28. The van der Waals surface area contributed by atoms with Crippen LogP contribution in [0.25, 0.3) is 6.08 Å². The van der Waals surface area contributed by atoms with Gasteiger partial charge in [0.2, 0.25) is 5.91 Å². The number of benzene rings is 1. The smallest absolute Gasteiger partial charge is 0.246 e. The van der Waals surface area contributed by atoms with Gasteiger partial charge in [0, 0.05) is 29.2 Å². The maximum absolute atomic E-state index is 13.5. The molecule has 1 aliphatic rings. The Balaban J connectivity index is 2.04. The fourth-order valence-electron chi connectivity index (χ4n) is 2.20. The first kappa shape index (κ1) is 14.3. The van der Waals surface area contributed by atoms with Crippen LogP contribution < -0.4 is 0 Å². The van der Waals surface area contributed by atoms with Gasteiger partial charge in [0.05, 0.1) is 0 Å². The molecular weight excluding hydrogens is 309 g/mol. The predicted molar refractivity (Wildman–Crippen MR) is 78.2 cm³/mol. The summed E-state index contributed by atoms with van der Waals surface area (Å²) >= 11 is 3.29. The Morgan fingerprint density at radius 1 is 1.21 bits per heavy atom. The maximum atomic E-state index is 13.5. The van der Waals surface area contributed by atoms with Gasteiger partial charge >= 0.3 is 0 Å². The second-order valence-electron chi connectivity index (χ2n) is 4.74. The Morgan fingerprint density at radius 2 is 1.89 bits per heavy atom. The summed E-state index contributed by atoms with van der Waals surface area (Å²) in [6.07, 6.45) is 7.51. The van der Waals surface area contributed by atoms with Crippen molar-refractivity contribution in [1.29, 1.82) is 0 Å². The van der Waals surface area contributed by atoms with Gasteiger partial charge in [0.1, 0.15) is 5.82 Å². The zero-order chi connectivity index (χ0) is 13.7. The van der Waals surface area contributed by atoms with Gasteiger partial charge in [-0.25, -0.2) is 4.39 Å². The van der Waals surface area contributed by atoms with E-state index in [1.54, 1.807) is 18.2 Å². The van der Waals surface area contributed by atoms with Crippen LogP contribution in [0, 0.1) is 5.82 Å². The highest BCUT2D eigenvalue weighted by Crippen LogP contribution is 2.17. The number of amides is 1. The molecule has 19 heavy (non-hydrogen) atoms. The fourth-order valence-corrected chi connectivity index (χ4v) is 2.58. The number of halogens is 2. The third kappa shape index (κ3) is 4.16. The fraction of sp³-hybridized carbons (Fsp3) is 0.400. The molecule has 0 spiro atoms. The number of nitrogens with zero attached hydrogens (tertiary/aromatic N) is 1. The Kier molecular flexibility index (Phi) is 5.14. The zero-order valence-corrected chi connectivity index (χ0v) is 12.3. The number of rotatable bonds is 2. The molecule has 0 aliphatic carbocycles. The molecule has 2 rings (SSSR count). The SMILES string of the molecule is O=C(C=Cc1cc(Br)ccc1F)N1CCCCCC1. The predicted octanol–water partition coefficient (Wildman–Crippen LogP) is 4.00. The molecule has 1 aromatic carbocycles. The van der Waals surface area contributed by atoms with Crippen molar-refractivity contribution in [2.45, 2.75) is 25.7 Å². The van der Waals surface area contributed by atoms with E-state index in [-0.39, 0.29) is 11.7 Å². The Morgan fingerprint density at radius 3 is 2.58 bits per heavy atom. The number of carbonyl (C=O) groups is 1. The van der Waals surface area contributed by atoms with Gasteiger partial charge in [0.15, 0.2) is 0 Å². The highest BCUT2D eigenvalue weighted by atomic mass is 79.9. The normalized spacial score (nSPS) is 16.6. The zero-order valence-electron chi connectivity index (χ0n) is 10.7. The second-order valence-corrected chi connectivity index (χ2v) is 5.65. The molecule has 0 aromatic heterocycles. The van der Waals surface area contributed by atoms with Gasteiger partial charge in [-0.3, -0.25) is 4.79 Å². The van der Waals surface area contributed by atoms with Crippen LogP contribution in [0.15, 0.2) is 28.7 Å². The van der Waals surface area contributed by atoms with E-state index in [0.717, 1.165) is 30.4 Å². The van der Waals surface area contributed by atoms with Crippen LogP contribution in [-0.2, 0) is 4.79 Å². The van der Waals surface area contributed by atoms with Crippen molar-refractivity contribution in [2.24, 2.45) is 0 Å². The van der Waals surface area contributed by atoms with E-state index in [0.29, 0.717) is 5.56 Å². The Hall–Kier alpha value is -1.16. The molecule has 4 heteroatoms. The third-order valence-corrected chi connectivity index (χ3v) is 3.77. The lowest BCUT2D eigenvalue weighted by molar-refractivity contribution is -0.125. The second kappa shape index (κ2) is 6.85. The van der Waals surface area contributed by atoms with E-state index in [4.69, 9.17) is 0 Å². The summed E-state index contributed by atoms with van der Waals surface area (Å²) < 4.78 is 14.3. The summed E-state index contributed by atoms with van der Waals surface area (Å²) in [5.41, 5.74) is 0.428. The average molecular weight is 326 g/mol. The molecule has 0 bridgehead atoms. The van der Waals surface area contributed by atoms with Crippen LogP contribution in [-0.4, -0.2) is 23.9 Å². The lowest BCUT2D eigenvalue weighted by atomic mass is 10.2. The van der Waals surface area contributed by atoms with E-state index in [1.807, 2.05) is 4.90 Å². The van der Waals surface area contributed by atoms with E-state index in [9.17, 15) is 9.18 Å². The standard InChI is InChI=1S/C15H17BrFNO/c16-13-6-7-14(17)12(11-13)5-8-15(19)18-9-3-1-2-4-10-18/h5-8,11H,1-4,9-10H2. The molecule has 0 saturated carbocycles. The van der Waals surface area contributed by atoms with E-state index in [1.165, 1.54) is 25.0 Å². The first-order valence-electron chi connectivity index (χ1n) is 6.59. The molecule has 0 radical (unpaired) electrons. The van der Waals surface area contributed by atoms with Crippen LogP contribution >= 0.6 is 15.9 Å². The lowest BCUT2D eigenvalue weighted by Gasteiger charge is -2.17. The molecule has 0 N–H and O–H groups in total. The first-order chi connectivity index (χ1) is 9.16. The molecule has 1 aliphatic heterocycles. The lowest BCUT2D eigenvalue weighted by Crippen LogP contribution is -2.30. The molecule has 102 valence electrons. The number of carbonyl (C=O) groups excluding carboxylic acids is 1. The van der Waals surface area contributed by atoms with Crippen molar-refractivity contribution in [2.75, 3.05) is 13.1 Å². The Labute approximate surface area is 121 Å². The van der Waals surface area contributed by atoms with Crippen molar-refractivity contribution >= 4 is 27.9 Å². The first-order valence-corrected chi connectivity index (χ1v) is 7.38. The minimum Gasteiger partial charge on any atom is -0.339 e. The topological polar surface area (TPSA) is 20.3 Å². The molecule has 1 saturated heterocycles. The largest absolute Gasteiger partial charge is 0.339 e. The van der Waals surface area contributed by atoms with Gasteiger partial charge in [-0.1, -0.05) is 28.8 Å². The van der Waals surface area contributed by atoms with E-state index >= 15 is 0 Å². The summed E-state index contributed by atoms with van der Waals surface area (Å²) in [7, 11) is 0. The molecule has 0 unspecified atom stereocenters. The van der Waals surface area contributed by atoms with Crippen molar-refractivity contribution in [3.8, 4) is 0 Å². The molecule has 2 nitrogen and oxygen atoms in total. The molecular formula is C15H17BrFNO. The minimum atomic E-state index is -0.317. The van der Waals surface area contributed by atoms with Crippen molar-refractivity contribution in [3.05, 3.63) is 40.1 Å². The van der Waals surface area contributed by atoms with Crippen LogP contribution in [0.3, 0.4) is 0 Å². The Bertz CT molecular complexity index is 479. The van der Waals surface area contributed by atoms with Crippen LogP contribution in [0.5, 0.6) is 0 Å². The molecule has 1 fully saturated rings. The van der Waals surface area contributed by atoms with Crippen molar-refractivity contribution < 1.29 is 9.18 Å². The summed E-state index contributed by atoms with van der Waals surface area (Å²) in [6.45, 7) is 1.62.